The number of carbonyl (C=O) groups excluding carboxylic acids is 1. The summed E-state index contributed by atoms with van der Waals surface area (Å²) in [7, 11) is -2.75. The van der Waals surface area contributed by atoms with E-state index in [1.54, 1.807) is 0 Å². The number of nitrogens with one attached hydrogen (secondary N) is 2. The van der Waals surface area contributed by atoms with E-state index in [9.17, 15) is 17.6 Å². The summed E-state index contributed by atoms with van der Waals surface area (Å²) in [6.45, 7) is 1.30. The van der Waals surface area contributed by atoms with Crippen LogP contribution in [0, 0.1) is 5.82 Å². The van der Waals surface area contributed by atoms with Crippen molar-refractivity contribution in [3.63, 3.8) is 0 Å². The van der Waals surface area contributed by atoms with Crippen LogP contribution in [-0.4, -0.2) is 21.4 Å². The normalized spacial score (nSPS) is 11.0. The van der Waals surface area contributed by atoms with Crippen LogP contribution in [0.3, 0.4) is 0 Å². The largest absolute Gasteiger partial charge is 0.495 e. The molecule has 0 unspecified atom stereocenters. The summed E-state index contributed by atoms with van der Waals surface area (Å²) < 4.78 is 45.8. The third-order valence-electron chi connectivity index (χ3n) is 2.95. The fourth-order valence-electron chi connectivity index (χ4n) is 1.96. The molecule has 24 heavy (non-hydrogen) atoms. The number of rotatable bonds is 5. The summed E-state index contributed by atoms with van der Waals surface area (Å²) in [5, 5.41) is 2.61. The monoisotopic (exact) mass is 372 g/mol. The second-order valence-electron chi connectivity index (χ2n) is 4.78. The number of ether oxygens (including phenoxy) is 1. The highest BCUT2D eigenvalue weighted by Gasteiger charge is 2.20. The molecule has 0 aliphatic heterocycles. The number of halogens is 2. The highest BCUT2D eigenvalue weighted by molar-refractivity contribution is 7.92. The fourth-order valence-corrected chi connectivity index (χ4v) is 3.23. The van der Waals surface area contributed by atoms with E-state index in [2.05, 4.69) is 10.0 Å². The number of methoxy groups -OCH3 is 1. The van der Waals surface area contributed by atoms with Gasteiger partial charge in [-0.3, -0.25) is 9.52 Å². The number of anilines is 2. The number of hydrogen-bond acceptors (Lipinski definition) is 4. The van der Waals surface area contributed by atoms with E-state index >= 15 is 0 Å². The summed E-state index contributed by atoms with van der Waals surface area (Å²) in [5.41, 5.74) is 0.413. The smallest absolute Gasteiger partial charge is 0.264 e. The first-order chi connectivity index (χ1) is 11.2. The third kappa shape index (κ3) is 4.15. The molecule has 2 aromatic rings. The molecule has 1 amide bonds. The van der Waals surface area contributed by atoms with Crippen molar-refractivity contribution < 1.29 is 22.3 Å². The van der Waals surface area contributed by atoms with E-state index in [0.29, 0.717) is 5.75 Å². The first kappa shape index (κ1) is 18.0. The number of hydrogen-bond donors (Lipinski definition) is 2. The molecule has 128 valence electrons. The highest BCUT2D eigenvalue weighted by atomic mass is 35.5. The predicted molar refractivity (Wildman–Crippen MR) is 89.5 cm³/mol. The maximum atomic E-state index is 13.8. The Morgan fingerprint density at radius 1 is 1.21 bits per heavy atom. The lowest BCUT2D eigenvalue weighted by atomic mass is 10.2. The van der Waals surface area contributed by atoms with Crippen LogP contribution < -0.4 is 14.8 Å². The van der Waals surface area contributed by atoms with Crippen molar-refractivity contribution in [2.45, 2.75) is 11.8 Å². The van der Waals surface area contributed by atoms with E-state index < -0.39 is 20.7 Å². The van der Waals surface area contributed by atoms with E-state index in [1.807, 2.05) is 0 Å². The van der Waals surface area contributed by atoms with Crippen molar-refractivity contribution >= 4 is 38.9 Å². The average Bonchev–Trinajstić information content (AvgIpc) is 2.46. The molecule has 0 heterocycles. The van der Waals surface area contributed by atoms with Crippen LogP contribution in [0.1, 0.15) is 6.92 Å². The molecule has 0 bridgehead atoms. The first-order valence-corrected chi connectivity index (χ1v) is 8.52. The Hall–Kier alpha value is -2.32. The molecule has 2 N–H and O–H groups in total. The molecule has 0 saturated carbocycles. The van der Waals surface area contributed by atoms with Gasteiger partial charge in [0.2, 0.25) is 5.91 Å². The molecule has 2 aromatic carbocycles. The Morgan fingerprint density at radius 2 is 1.92 bits per heavy atom. The van der Waals surface area contributed by atoms with Crippen LogP contribution in [0.15, 0.2) is 41.3 Å². The molecule has 0 spiro atoms. The zero-order valence-electron chi connectivity index (χ0n) is 12.8. The van der Waals surface area contributed by atoms with Gasteiger partial charge in [-0.05, 0) is 36.4 Å². The van der Waals surface area contributed by atoms with E-state index in [4.69, 9.17) is 16.3 Å². The first-order valence-electron chi connectivity index (χ1n) is 6.66. The van der Waals surface area contributed by atoms with Gasteiger partial charge in [0.05, 0.1) is 18.5 Å². The second-order valence-corrected chi connectivity index (χ2v) is 6.86. The lowest BCUT2D eigenvalue weighted by Gasteiger charge is -2.13. The number of benzene rings is 2. The van der Waals surface area contributed by atoms with Crippen LogP contribution in [0.25, 0.3) is 0 Å². The Kier molecular flexibility index (Phi) is 5.30. The molecular formula is C15H14ClFN2O4S. The second kappa shape index (κ2) is 7.06. The maximum Gasteiger partial charge on any atom is 0.264 e. The van der Waals surface area contributed by atoms with Gasteiger partial charge in [0.1, 0.15) is 16.5 Å². The zero-order chi connectivity index (χ0) is 17.9. The summed E-state index contributed by atoms with van der Waals surface area (Å²) in [6, 6.07) is 7.52. The van der Waals surface area contributed by atoms with Crippen LogP contribution >= 0.6 is 11.6 Å². The van der Waals surface area contributed by atoms with Gasteiger partial charge in [0.25, 0.3) is 10.0 Å². The van der Waals surface area contributed by atoms with Gasteiger partial charge in [-0.1, -0.05) is 11.6 Å². The van der Waals surface area contributed by atoms with Gasteiger partial charge < -0.3 is 10.1 Å². The number of amides is 1. The molecule has 0 saturated heterocycles. The fraction of sp³-hybridized carbons (Fsp3) is 0.133. The lowest BCUT2D eigenvalue weighted by Crippen LogP contribution is -2.15. The van der Waals surface area contributed by atoms with Crippen LogP contribution in [-0.2, 0) is 14.8 Å². The molecule has 2 rings (SSSR count). The van der Waals surface area contributed by atoms with Crippen molar-refractivity contribution in [2.75, 3.05) is 17.1 Å². The Morgan fingerprint density at radius 3 is 2.50 bits per heavy atom. The standard InChI is InChI=1S/C15H14ClFN2O4S/c1-9(20)18-13-8-11(4-5-14(13)23-2)19-24(21,22)15-6-3-10(16)7-12(15)17/h3-8,19H,1-2H3,(H,18,20). The summed E-state index contributed by atoms with van der Waals surface area (Å²) in [5.74, 6) is -0.964. The van der Waals surface area contributed by atoms with Gasteiger partial charge in [-0.15, -0.1) is 0 Å². The molecule has 0 aliphatic rings. The van der Waals surface area contributed by atoms with Gasteiger partial charge in [0, 0.05) is 11.9 Å². The SMILES string of the molecule is COc1ccc(NS(=O)(=O)c2ccc(Cl)cc2F)cc1NC(C)=O. The average molecular weight is 373 g/mol. The third-order valence-corrected chi connectivity index (χ3v) is 4.60. The van der Waals surface area contributed by atoms with Crippen molar-refractivity contribution in [1.82, 2.24) is 0 Å². The summed E-state index contributed by atoms with van der Waals surface area (Å²) in [6.07, 6.45) is 0. The van der Waals surface area contributed by atoms with Crippen LogP contribution in [0.4, 0.5) is 15.8 Å². The predicted octanol–water partition coefficient (Wildman–Crippen LogP) is 3.25. The van der Waals surface area contributed by atoms with Crippen LogP contribution in [0.2, 0.25) is 5.02 Å². The van der Waals surface area contributed by atoms with Gasteiger partial charge in [0.15, 0.2) is 0 Å². The summed E-state index contributed by atoms with van der Waals surface area (Å²) in [4.78, 5) is 10.7. The van der Waals surface area contributed by atoms with Crippen molar-refractivity contribution in [1.29, 1.82) is 0 Å². The quantitative estimate of drug-likeness (QED) is 0.843. The van der Waals surface area contributed by atoms with Crippen molar-refractivity contribution in [3.8, 4) is 5.75 Å². The zero-order valence-corrected chi connectivity index (χ0v) is 14.3. The Balaban J connectivity index is 2.37. The number of sulfonamides is 1. The van der Waals surface area contributed by atoms with Gasteiger partial charge in [-0.25, -0.2) is 12.8 Å². The van der Waals surface area contributed by atoms with Crippen molar-refractivity contribution in [2.24, 2.45) is 0 Å². The van der Waals surface area contributed by atoms with Gasteiger partial charge in [-0.2, -0.15) is 0 Å². The molecule has 0 aromatic heterocycles. The van der Waals surface area contributed by atoms with E-state index in [-0.39, 0.29) is 22.3 Å². The minimum absolute atomic E-state index is 0.0869. The van der Waals surface area contributed by atoms with Crippen molar-refractivity contribution in [3.05, 3.63) is 47.2 Å². The van der Waals surface area contributed by atoms with Crippen LogP contribution in [0.5, 0.6) is 5.75 Å². The van der Waals surface area contributed by atoms with E-state index in [1.165, 1.54) is 38.3 Å². The molecule has 0 atom stereocenters. The molecule has 0 fully saturated rings. The van der Waals surface area contributed by atoms with E-state index in [0.717, 1.165) is 12.1 Å². The molecule has 0 aliphatic carbocycles. The molecule has 0 radical (unpaired) electrons. The Labute approximate surface area is 143 Å². The molecule has 6 nitrogen and oxygen atoms in total. The Bertz CT molecular complexity index is 887. The van der Waals surface area contributed by atoms with Gasteiger partial charge >= 0.3 is 0 Å². The maximum absolute atomic E-state index is 13.8. The highest BCUT2D eigenvalue weighted by Crippen LogP contribution is 2.29. The lowest BCUT2D eigenvalue weighted by molar-refractivity contribution is -0.114. The topological polar surface area (TPSA) is 84.5 Å². The summed E-state index contributed by atoms with van der Waals surface area (Å²) >= 11 is 5.62. The minimum Gasteiger partial charge on any atom is -0.495 e. The molecule has 9 heteroatoms. The number of carbonyl (C=O) groups is 1. The molecular weight excluding hydrogens is 359 g/mol. The minimum atomic E-state index is -4.16.